The molecule has 0 bridgehead atoms. The average Bonchev–Trinajstić information content (AvgIpc) is 3.31. The van der Waals surface area contributed by atoms with E-state index in [1.54, 1.807) is 32.0 Å². The van der Waals surface area contributed by atoms with Crippen molar-refractivity contribution in [1.29, 1.82) is 5.26 Å². The zero-order valence-corrected chi connectivity index (χ0v) is 21.6. The molecule has 38 heavy (non-hydrogen) atoms. The molecule has 0 aliphatic heterocycles. The Labute approximate surface area is 225 Å². The van der Waals surface area contributed by atoms with Gasteiger partial charge in [-0.25, -0.2) is 9.48 Å². The standard InChI is InChI=1S/C29H25ClN4O4/c1-3-37-27(35)16-20-8-10-21(11-9-20)22-12-14-24(15-13-22)34-28(23(17-31)18-32-34)33-29(36)38-19(2)25-6-4-5-7-26(25)30/h4-15,18-19H,3,16H2,1-2H3,(H,33,36). The predicted molar refractivity (Wildman–Crippen MR) is 144 cm³/mol. The summed E-state index contributed by atoms with van der Waals surface area (Å²) in [7, 11) is 0. The summed E-state index contributed by atoms with van der Waals surface area (Å²) >= 11 is 6.21. The van der Waals surface area contributed by atoms with Crippen LogP contribution in [0, 0.1) is 11.3 Å². The molecule has 0 spiro atoms. The quantitative estimate of drug-likeness (QED) is 0.262. The van der Waals surface area contributed by atoms with Crippen molar-refractivity contribution in [2.75, 3.05) is 11.9 Å². The Morgan fingerprint density at radius 2 is 1.71 bits per heavy atom. The van der Waals surface area contributed by atoms with E-state index in [0.717, 1.165) is 16.7 Å². The van der Waals surface area contributed by atoms with Gasteiger partial charge < -0.3 is 9.47 Å². The first-order valence-corrected chi connectivity index (χ1v) is 12.3. The second-order valence-corrected chi connectivity index (χ2v) is 8.76. The highest BCUT2D eigenvalue weighted by Crippen LogP contribution is 2.27. The fourth-order valence-corrected chi connectivity index (χ4v) is 4.18. The van der Waals surface area contributed by atoms with Crippen LogP contribution in [-0.4, -0.2) is 28.4 Å². The fraction of sp³-hybridized carbons (Fsp3) is 0.172. The number of aromatic nitrogens is 2. The molecule has 0 saturated carbocycles. The molecule has 0 saturated heterocycles. The van der Waals surface area contributed by atoms with Crippen LogP contribution < -0.4 is 5.32 Å². The number of nitriles is 1. The summed E-state index contributed by atoms with van der Waals surface area (Å²) in [4.78, 5) is 24.4. The lowest BCUT2D eigenvalue weighted by atomic mass is 10.0. The minimum Gasteiger partial charge on any atom is -0.466 e. The van der Waals surface area contributed by atoms with Crippen LogP contribution >= 0.6 is 11.6 Å². The molecule has 9 heteroatoms. The van der Waals surface area contributed by atoms with Crippen molar-refractivity contribution in [2.45, 2.75) is 26.4 Å². The third kappa shape index (κ3) is 6.20. The lowest BCUT2D eigenvalue weighted by molar-refractivity contribution is -0.142. The number of carbonyl (C=O) groups excluding carboxylic acids is 2. The van der Waals surface area contributed by atoms with E-state index in [9.17, 15) is 14.9 Å². The topological polar surface area (TPSA) is 106 Å². The molecule has 1 unspecified atom stereocenters. The minimum atomic E-state index is -0.741. The summed E-state index contributed by atoms with van der Waals surface area (Å²) in [5.74, 6) is -0.0629. The van der Waals surface area contributed by atoms with Crippen molar-refractivity contribution in [1.82, 2.24) is 9.78 Å². The lowest BCUT2D eigenvalue weighted by Crippen LogP contribution is -2.19. The molecule has 1 amide bonds. The zero-order chi connectivity index (χ0) is 27.1. The third-order valence-corrected chi connectivity index (χ3v) is 6.13. The van der Waals surface area contributed by atoms with Crippen LogP contribution in [0.2, 0.25) is 5.02 Å². The summed E-state index contributed by atoms with van der Waals surface area (Å²) in [6.45, 7) is 3.85. The van der Waals surface area contributed by atoms with Crippen molar-refractivity contribution in [2.24, 2.45) is 0 Å². The number of nitrogens with one attached hydrogen (secondary N) is 1. The molecule has 8 nitrogen and oxygen atoms in total. The van der Waals surface area contributed by atoms with Gasteiger partial charge in [-0.05, 0) is 48.7 Å². The molecule has 0 aliphatic carbocycles. The van der Waals surface area contributed by atoms with Crippen LogP contribution in [0.25, 0.3) is 16.8 Å². The summed E-state index contributed by atoms with van der Waals surface area (Å²) in [5.41, 5.74) is 4.29. The monoisotopic (exact) mass is 528 g/mol. The third-order valence-electron chi connectivity index (χ3n) is 5.79. The molecule has 1 atom stereocenters. The first-order valence-electron chi connectivity index (χ1n) is 11.9. The fourth-order valence-electron chi connectivity index (χ4n) is 3.89. The van der Waals surface area contributed by atoms with Crippen LogP contribution in [0.15, 0.2) is 79.0 Å². The molecule has 0 radical (unpaired) electrons. The smallest absolute Gasteiger partial charge is 0.413 e. The number of carbonyl (C=O) groups is 2. The van der Waals surface area contributed by atoms with Gasteiger partial charge in [0.15, 0.2) is 5.82 Å². The van der Waals surface area contributed by atoms with Crippen molar-refractivity contribution in [3.8, 4) is 22.9 Å². The predicted octanol–water partition coefficient (Wildman–Crippen LogP) is 6.48. The largest absolute Gasteiger partial charge is 0.466 e. The Morgan fingerprint density at radius 3 is 2.34 bits per heavy atom. The van der Waals surface area contributed by atoms with E-state index >= 15 is 0 Å². The van der Waals surface area contributed by atoms with Crippen LogP contribution in [0.4, 0.5) is 10.6 Å². The second kappa shape index (κ2) is 12.1. The van der Waals surface area contributed by atoms with Gasteiger partial charge in [-0.2, -0.15) is 10.4 Å². The van der Waals surface area contributed by atoms with Crippen molar-refractivity contribution in [3.63, 3.8) is 0 Å². The molecular weight excluding hydrogens is 504 g/mol. The van der Waals surface area contributed by atoms with E-state index in [2.05, 4.69) is 10.4 Å². The molecule has 1 N–H and O–H groups in total. The lowest BCUT2D eigenvalue weighted by Gasteiger charge is -2.16. The highest BCUT2D eigenvalue weighted by Gasteiger charge is 2.19. The van der Waals surface area contributed by atoms with E-state index < -0.39 is 12.2 Å². The van der Waals surface area contributed by atoms with Gasteiger partial charge in [-0.15, -0.1) is 0 Å². The Hall–Kier alpha value is -4.61. The van der Waals surface area contributed by atoms with Gasteiger partial charge in [-0.1, -0.05) is 66.2 Å². The SMILES string of the molecule is CCOC(=O)Cc1ccc(-c2ccc(-n3ncc(C#N)c3NC(=O)OC(C)c3ccccc3Cl)cc2)cc1. The summed E-state index contributed by atoms with van der Waals surface area (Å²) in [5, 5.41) is 17.0. The number of hydrogen-bond donors (Lipinski definition) is 1. The van der Waals surface area contributed by atoms with Gasteiger partial charge in [0.05, 0.1) is 24.9 Å². The number of rotatable bonds is 8. The average molecular weight is 529 g/mol. The number of amides is 1. The van der Waals surface area contributed by atoms with Gasteiger partial charge in [0, 0.05) is 10.6 Å². The normalized spacial score (nSPS) is 11.3. The first-order chi connectivity index (χ1) is 18.4. The van der Waals surface area contributed by atoms with Gasteiger partial charge in [-0.3, -0.25) is 10.1 Å². The molecule has 3 aromatic carbocycles. The Kier molecular flexibility index (Phi) is 8.41. The number of esters is 1. The van der Waals surface area contributed by atoms with Gasteiger partial charge in [0.25, 0.3) is 0 Å². The van der Waals surface area contributed by atoms with Gasteiger partial charge >= 0.3 is 12.1 Å². The van der Waals surface area contributed by atoms with Gasteiger partial charge in [0.2, 0.25) is 0 Å². The second-order valence-electron chi connectivity index (χ2n) is 8.35. The van der Waals surface area contributed by atoms with Crippen LogP contribution in [0.1, 0.15) is 36.6 Å². The maximum Gasteiger partial charge on any atom is 0.413 e. The molecule has 0 aliphatic rings. The van der Waals surface area contributed by atoms with E-state index in [1.807, 2.05) is 60.7 Å². The van der Waals surface area contributed by atoms with E-state index in [-0.39, 0.29) is 23.8 Å². The number of nitrogens with zero attached hydrogens (tertiary/aromatic N) is 3. The Bertz CT molecular complexity index is 1470. The number of hydrogen-bond acceptors (Lipinski definition) is 6. The molecule has 1 aromatic heterocycles. The van der Waals surface area contributed by atoms with Crippen molar-refractivity contribution in [3.05, 3.63) is 101 Å². The molecular formula is C29H25ClN4O4. The number of benzene rings is 3. The minimum absolute atomic E-state index is 0.189. The zero-order valence-electron chi connectivity index (χ0n) is 20.8. The highest BCUT2D eigenvalue weighted by atomic mass is 35.5. The molecule has 1 heterocycles. The van der Waals surface area contributed by atoms with E-state index in [1.165, 1.54) is 10.9 Å². The summed E-state index contributed by atoms with van der Waals surface area (Å²) < 4.78 is 12.0. The molecule has 0 fully saturated rings. The maximum absolute atomic E-state index is 12.7. The Morgan fingerprint density at radius 1 is 1.05 bits per heavy atom. The van der Waals surface area contributed by atoms with E-state index in [0.29, 0.717) is 22.9 Å². The van der Waals surface area contributed by atoms with E-state index in [4.69, 9.17) is 21.1 Å². The van der Waals surface area contributed by atoms with Gasteiger partial charge in [0.1, 0.15) is 17.7 Å². The van der Waals surface area contributed by atoms with Crippen molar-refractivity contribution >= 4 is 29.5 Å². The number of halogens is 1. The number of ether oxygens (including phenoxy) is 2. The van der Waals surface area contributed by atoms with Crippen LogP contribution in [-0.2, 0) is 20.7 Å². The summed E-state index contributed by atoms with van der Waals surface area (Å²) in [6.07, 6.45) is 0.260. The first kappa shape index (κ1) is 26.5. The Balaban J connectivity index is 1.49. The molecule has 4 aromatic rings. The number of anilines is 1. The van der Waals surface area contributed by atoms with Crippen molar-refractivity contribution < 1.29 is 19.1 Å². The molecule has 192 valence electrons. The molecule has 4 rings (SSSR count). The maximum atomic E-state index is 12.7. The van der Waals surface area contributed by atoms with Crippen LogP contribution in [0.3, 0.4) is 0 Å². The highest BCUT2D eigenvalue weighted by molar-refractivity contribution is 6.31. The summed E-state index contributed by atoms with van der Waals surface area (Å²) in [6, 6.07) is 24.3. The van der Waals surface area contributed by atoms with Crippen LogP contribution in [0.5, 0.6) is 0 Å².